The second kappa shape index (κ2) is 5.97. The summed E-state index contributed by atoms with van der Waals surface area (Å²) >= 11 is 0. The first-order chi connectivity index (χ1) is 9.98. The number of pyridine rings is 1. The molecule has 4 nitrogen and oxygen atoms in total. The van der Waals surface area contributed by atoms with Gasteiger partial charge in [-0.05, 0) is 35.7 Å². The van der Waals surface area contributed by atoms with Gasteiger partial charge >= 0.3 is 5.97 Å². The van der Waals surface area contributed by atoms with E-state index in [1.54, 1.807) is 0 Å². The first-order valence-electron chi connectivity index (χ1n) is 6.27. The Morgan fingerprint density at radius 1 is 1.19 bits per heavy atom. The third-order valence-electron chi connectivity index (χ3n) is 3.42. The molecule has 0 saturated carbocycles. The molecule has 1 aromatic heterocycles. The number of carboxylic acid groups (broad SMARTS) is 1. The number of aromatic nitrogens is 1. The Balaban J connectivity index is 2.46. The molecule has 0 aliphatic heterocycles. The molecule has 0 aliphatic carbocycles. The Hall–Kier alpha value is -2.34. The van der Waals surface area contributed by atoms with Gasteiger partial charge in [0.1, 0.15) is 17.0 Å². The van der Waals surface area contributed by atoms with Crippen molar-refractivity contribution < 1.29 is 18.7 Å². The first kappa shape index (κ1) is 15.1. The Labute approximate surface area is 120 Å². The van der Waals surface area contributed by atoms with E-state index in [4.69, 9.17) is 5.73 Å². The number of nitrogens with two attached hydrogens (primary N) is 1. The minimum atomic E-state index is -1.46. The highest BCUT2D eigenvalue weighted by molar-refractivity contribution is 5.82. The van der Waals surface area contributed by atoms with Gasteiger partial charge in [-0.15, -0.1) is 0 Å². The summed E-state index contributed by atoms with van der Waals surface area (Å²) in [6.07, 6.45) is 2.39. The van der Waals surface area contributed by atoms with Crippen LogP contribution in [0.2, 0.25) is 0 Å². The highest BCUT2D eigenvalue weighted by atomic mass is 19.1. The van der Waals surface area contributed by atoms with Gasteiger partial charge in [-0.2, -0.15) is 0 Å². The molecule has 21 heavy (non-hydrogen) atoms. The quantitative estimate of drug-likeness (QED) is 0.882. The topological polar surface area (TPSA) is 76.2 Å². The average molecular weight is 292 g/mol. The van der Waals surface area contributed by atoms with Crippen molar-refractivity contribution in [3.63, 3.8) is 0 Å². The average Bonchev–Trinajstić information content (AvgIpc) is 2.45. The maximum absolute atomic E-state index is 13.2. The van der Waals surface area contributed by atoms with Crippen LogP contribution in [-0.2, 0) is 16.6 Å². The van der Waals surface area contributed by atoms with E-state index in [-0.39, 0.29) is 13.0 Å². The zero-order valence-electron chi connectivity index (χ0n) is 11.1. The molecule has 1 aromatic carbocycles. The Bertz CT molecular complexity index is 646. The number of rotatable bonds is 5. The summed E-state index contributed by atoms with van der Waals surface area (Å²) in [5, 5.41) is 9.59. The molecule has 6 heteroatoms. The van der Waals surface area contributed by atoms with E-state index in [1.165, 1.54) is 36.5 Å². The number of nitrogens with zero attached hydrogens (tertiary/aromatic N) is 1. The van der Waals surface area contributed by atoms with Gasteiger partial charge in [0, 0.05) is 12.7 Å². The Morgan fingerprint density at radius 3 is 2.38 bits per heavy atom. The van der Waals surface area contributed by atoms with Crippen molar-refractivity contribution in [2.75, 3.05) is 6.54 Å². The zero-order chi connectivity index (χ0) is 15.5. The van der Waals surface area contributed by atoms with Crippen LogP contribution in [0, 0.1) is 11.6 Å². The number of benzene rings is 1. The fraction of sp³-hybridized carbons (Fsp3) is 0.200. The Morgan fingerprint density at radius 2 is 1.86 bits per heavy atom. The summed E-state index contributed by atoms with van der Waals surface area (Å²) in [4.78, 5) is 15.4. The van der Waals surface area contributed by atoms with Crippen LogP contribution >= 0.6 is 0 Å². The van der Waals surface area contributed by atoms with Crippen molar-refractivity contribution in [2.45, 2.75) is 11.8 Å². The van der Waals surface area contributed by atoms with Crippen molar-refractivity contribution in [1.82, 2.24) is 4.98 Å². The lowest BCUT2D eigenvalue weighted by Crippen LogP contribution is -2.45. The van der Waals surface area contributed by atoms with Gasteiger partial charge in [0.2, 0.25) is 0 Å². The van der Waals surface area contributed by atoms with E-state index in [1.807, 2.05) is 0 Å². The van der Waals surface area contributed by atoms with E-state index < -0.39 is 23.0 Å². The molecule has 0 bridgehead atoms. The minimum Gasteiger partial charge on any atom is -0.481 e. The highest BCUT2D eigenvalue weighted by Gasteiger charge is 2.39. The monoisotopic (exact) mass is 292 g/mol. The number of halogens is 2. The predicted octanol–water partition coefficient (Wildman–Crippen LogP) is 1.88. The molecule has 0 aliphatic rings. The number of carboxylic acids is 1. The molecule has 3 N–H and O–H groups in total. The summed E-state index contributed by atoms with van der Waals surface area (Å²) in [6, 6.07) is 6.31. The third kappa shape index (κ3) is 3.05. The molecule has 0 spiro atoms. The molecular weight excluding hydrogens is 278 g/mol. The summed E-state index contributed by atoms with van der Waals surface area (Å²) in [5.74, 6) is -2.17. The zero-order valence-corrected chi connectivity index (χ0v) is 11.1. The van der Waals surface area contributed by atoms with Crippen LogP contribution in [0.1, 0.15) is 11.1 Å². The van der Waals surface area contributed by atoms with Crippen LogP contribution in [-0.4, -0.2) is 22.6 Å². The standard InChI is InChI=1S/C15H14F2N2O2/c16-12-3-1-11(2-4-12)15(9-18,14(20)21)6-10-5-13(17)8-19-7-10/h1-5,7-8H,6,9,18H2,(H,20,21). The molecule has 1 atom stereocenters. The normalized spacial score (nSPS) is 13.7. The molecule has 0 fully saturated rings. The van der Waals surface area contributed by atoms with Gasteiger partial charge in [0.25, 0.3) is 0 Å². The highest BCUT2D eigenvalue weighted by Crippen LogP contribution is 2.28. The number of hydrogen-bond donors (Lipinski definition) is 2. The lowest BCUT2D eigenvalue weighted by molar-refractivity contribution is -0.143. The van der Waals surface area contributed by atoms with E-state index >= 15 is 0 Å². The van der Waals surface area contributed by atoms with Crippen molar-refractivity contribution in [3.8, 4) is 0 Å². The third-order valence-corrected chi connectivity index (χ3v) is 3.42. The largest absolute Gasteiger partial charge is 0.481 e. The van der Waals surface area contributed by atoms with E-state index in [0.717, 1.165) is 6.20 Å². The fourth-order valence-electron chi connectivity index (χ4n) is 2.25. The van der Waals surface area contributed by atoms with Crippen molar-refractivity contribution in [1.29, 1.82) is 0 Å². The molecule has 2 aromatic rings. The van der Waals surface area contributed by atoms with E-state index in [0.29, 0.717) is 11.1 Å². The van der Waals surface area contributed by atoms with Gasteiger partial charge in [0.15, 0.2) is 0 Å². The summed E-state index contributed by atoms with van der Waals surface area (Å²) in [7, 11) is 0. The molecule has 0 saturated heterocycles. The summed E-state index contributed by atoms with van der Waals surface area (Å²) in [6.45, 7) is -0.204. The Kier molecular flexibility index (Phi) is 4.28. The van der Waals surface area contributed by atoms with Crippen LogP contribution in [0.4, 0.5) is 8.78 Å². The number of carbonyl (C=O) groups is 1. The van der Waals surface area contributed by atoms with Crippen LogP contribution in [0.25, 0.3) is 0 Å². The van der Waals surface area contributed by atoms with Gasteiger partial charge in [-0.3, -0.25) is 9.78 Å². The lowest BCUT2D eigenvalue weighted by Gasteiger charge is -2.28. The van der Waals surface area contributed by atoms with Crippen LogP contribution < -0.4 is 5.73 Å². The SMILES string of the molecule is NCC(Cc1cncc(F)c1)(C(=O)O)c1ccc(F)cc1. The lowest BCUT2D eigenvalue weighted by atomic mass is 9.76. The summed E-state index contributed by atoms with van der Waals surface area (Å²) < 4.78 is 26.2. The number of hydrogen-bond acceptors (Lipinski definition) is 3. The molecule has 0 radical (unpaired) electrons. The molecule has 1 heterocycles. The molecular formula is C15H14F2N2O2. The van der Waals surface area contributed by atoms with E-state index in [2.05, 4.69) is 4.98 Å². The molecule has 2 rings (SSSR count). The predicted molar refractivity (Wildman–Crippen MR) is 72.7 cm³/mol. The van der Waals surface area contributed by atoms with Crippen molar-refractivity contribution in [3.05, 3.63) is 65.5 Å². The minimum absolute atomic E-state index is 0.0325. The molecule has 1 unspecified atom stereocenters. The first-order valence-corrected chi connectivity index (χ1v) is 6.27. The maximum atomic E-state index is 13.2. The van der Waals surface area contributed by atoms with Gasteiger partial charge in [-0.25, -0.2) is 8.78 Å². The van der Waals surface area contributed by atoms with Gasteiger partial charge < -0.3 is 10.8 Å². The summed E-state index contributed by atoms with van der Waals surface area (Å²) in [5.41, 5.74) is 4.99. The molecule has 0 amide bonds. The van der Waals surface area contributed by atoms with Crippen LogP contribution in [0.3, 0.4) is 0 Å². The van der Waals surface area contributed by atoms with Crippen LogP contribution in [0.5, 0.6) is 0 Å². The smallest absolute Gasteiger partial charge is 0.315 e. The second-order valence-electron chi connectivity index (χ2n) is 4.79. The van der Waals surface area contributed by atoms with Crippen LogP contribution in [0.15, 0.2) is 42.7 Å². The second-order valence-corrected chi connectivity index (χ2v) is 4.79. The number of aliphatic carboxylic acids is 1. The molecule has 110 valence electrons. The maximum Gasteiger partial charge on any atom is 0.315 e. The van der Waals surface area contributed by atoms with Crippen molar-refractivity contribution in [2.24, 2.45) is 5.73 Å². The van der Waals surface area contributed by atoms with Gasteiger partial charge in [-0.1, -0.05) is 12.1 Å². The fourth-order valence-corrected chi connectivity index (χ4v) is 2.25. The van der Waals surface area contributed by atoms with E-state index in [9.17, 15) is 18.7 Å². The van der Waals surface area contributed by atoms with Gasteiger partial charge in [0.05, 0.1) is 6.20 Å². The van der Waals surface area contributed by atoms with Crippen molar-refractivity contribution >= 4 is 5.97 Å².